The number of hydrogen-bond acceptors (Lipinski definition) is 3. The lowest BCUT2D eigenvalue weighted by Gasteiger charge is -2.13. The highest BCUT2D eigenvalue weighted by Crippen LogP contribution is 2.25. The van der Waals surface area contributed by atoms with Crippen LogP contribution in [0.3, 0.4) is 0 Å². The molecule has 0 radical (unpaired) electrons. The van der Waals surface area contributed by atoms with Gasteiger partial charge in [-0.25, -0.2) is 9.37 Å². The molecule has 128 valence electrons. The summed E-state index contributed by atoms with van der Waals surface area (Å²) in [6.07, 6.45) is 3.56. The fourth-order valence-corrected chi connectivity index (χ4v) is 3.17. The lowest BCUT2D eigenvalue weighted by atomic mass is 10.2. The van der Waals surface area contributed by atoms with Crippen molar-refractivity contribution in [1.82, 2.24) is 9.55 Å². The smallest absolute Gasteiger partial charge is 0.237 e. The van der Waals surface area contributed by atoms with Crippen LogP contribution >= 0.6 is 11.8 Å². The number of imidazole rings is 1. The summed E-state index contributed by atoms with van der Waals surface area (Å²) in [7, 11) is 0. The molecule has 0 aliphatic carbocycles. The van der Waals surface area contributed by atoms with E-state index >= 15 is 0 Å². The Morgan fingerprint density at radius 3 is 2.72 bits per heavy atom. The number of amides is 1. The largest absolute Gasteiger partial charge is 0.325 e. The number of aromatic nitrogens is 2. The average Bonchev–Trinajstić information content (AvgIpc) is 3.07. The van der Waals surface area contributed by atoms with E-state index in [0.29, 0.717) is 11.3 Å². The molecule has 2 aromatic carbocycles. The summed E-state index contributed by atoms with van der Waals surface area (Å²) in [6.45, 7) is 3.48. The lowest BCUT2D eigenvalue weighted by molar-refractivity contribution is -0.115. The van der Waals surface area contributed by atoms with Crippen molar-refractivity contribution in [2.24, 2.45) is 0 Å². The topological polar surface area (TPSA) is 46.9 Å². The molecular formula is C19H18FN3OS. The van der Waals surface area contributed by atoms with E-state index in [1.807, 2.05) is 41.1 Å². The highest BCUT2D eigenvalue weighted by atomic mass is 32.2. The van der Waals surface area contributed by atoms with E-state index in [2.05, 4.69) is 10.3 Å². The molecule has 25 heavy (non-hydrogen) atoms. The molecule has 0 fully saturated rings. The predicted octanol–water partition coefficient (Wildman–Crippen LogP) is 4.44. The van der Waals surface area contributed by atoms with E-state index < -0.39 is 0 Å². The summed E-state index contributed by atoms with van der Waals surface area (Å²) < 4.78 is 15.5. The van der Waals surface area contributed by atoms with Gasteiger partial charge in [0.1, 0.15) is 5.82 Å². The van der Waals surface area contributed by atoms with Crippen molar-refractivity contribution in [2.45, 2.75) is 24.3 Å². The van der Waals surface area contributed by atoms with Gasteiger partial charge < -0.3 is 5.32 Å². The van der Waals surface area contributed by atoms with E-state index in [4.69, 9.17) is 0 Å². The van der Waals surface area contributed by atoms with Crippen molar-refractivity contribution in [3.05, 3.63) is 72.3 Å². The summed E-state index contributed by atoms with van der Waals surface area (Å²) in [4.78, 5) is 16.7. The zero-order chi connectivity index (χ0) is 17.8. The number of para-hydroxylation sites is 1. The summed E-state index contributed by atoms with van der Waals surface area (Å²) in [5, 5.41) is 3.09. The Balaban J connectivity index is 1.70. The van der Waals surface area contributed by atoms with Gasteiger partial charge >= 0.3 is 0 Å². The number of nitrogens with zero attached hydrogens (tertiary/aromatic N) is 2. The monoisotopic (exact) mass is 355 g/mol. The van der Waals surface area contributed by atoms with Gasteiger partial charge in [-0.15, -0.1) is 0 Å². The molecule has 1 heterocycles. The highest BCUT2D eigenvalue weighted by Gasteiger charge is 2.18. The Morgan fingerprint density at radius 2 is 2.00 bits per heavy atom. The summed E-state index contributed by atoms with van der Waals surface area (Å²) in [5.41, 5.74) is 1.98. The first-order chi connectivity index (χ1) is 12.0. The molecule has 0 aliphatic rings. The first kappa shape index (κ1) is 17.2. The van der Waals surface area contributed by atoms with Crippen molar-refractivity contribution in [3.8, 4) is 5.69 Å². The van der Waals surface area contributed by atoms with Crippen LogP contribution in [-0.2, 0) is 4.79 Å². The van der Waals surface area contributed by atoms with Crippen LogP contribution in [0.4, 0.5) is 10.1 Å². The average molecular weight is 355 g/mol. The second-order valence-corrected chi connectivity index (χ2v) is 6.94. The number of rotatable bonds is 5. The van der Waals surface area contributed by atoms with Crippen LogP contribution in [-0.4, -0.2) is 20.7 Å². The summed E-state index contributed by atoms with van der Waals surface area (Å²) in [5.74, 6) is -0.534. The van der Waals surface area contributed by atoms with Crippen LogP contribution in [0.1, 0.15) is 12.5 Å². The van der Waals surface area contributed by atoms with E-state index in [9.17, 15) is 9.18 Å². The Labute approximate surface area is 150 Å². The molecule has 0 aliphatic heterocycles. The fourth-order valence-electron chi connectivity index (χ4n) is 2.29. The third-order valence-electron chi connectivity index (χ3n) is 3.73. The maximum atomic E-state index is 13.6. The number of aryl methyl sites for hydroxylation is 1. The van der Waals surface area contributed by atoms with Crippen molar-refractivity contribution >= 4 is 23.4 Å². The Hall–Kier alpha value is -2.60. The molecule has 0 unspecified atom stereocenters. The number of benzene rings is 2. The molecule has 3 rings (SSSR count). The molecule has 1 N–H and O–H groups in total. The maximum absolute atomic E-state index is 13.6. The predicted molar refractivity (Wildman–Crippen MR) is 98.6 cm³/mol. The molecule has 1 atom stereocenters. The zero-order valence-corrected chi connectivity index (χ0v) is 14.8. The molecule has 4 nitrogen and oxygen atoms in total. The molecule has 0 saturated heterocycles. The minimum absolute atomic E-state index is 0.198. The molecule has 1 aromatic heterocycles. The SMILES string of the molecule is Cc1ccc(NC(=O)[C@@H](C)Sc2nccn2-c2ccccc2)cc1F. The second kappa shape index (κ2) is 7.53. The van der Waals surface area contributed by atoms with Crippen LogP contribution < -0.4 is 5.32 Å². The standard InChI is InChI=1S/C19H18FN3OS/c1-13-8-9-15(12-17(13)20)22-18(24)14(2)25-19-21-10-11-23(19)16-6-4-3-5-7-16/h3-12,14H,1-2H3,(H,22,24)/t14-/m1/s1. The fraction of sp³-hybridized carbons (Fsp3) is 0.158. The number of nitrogens with one attached hydrogen (secondary N) is 1. The van der Waals surface area contributed by atoms with Gasteiger partial charge in [0.25, 0.3) is 0 Å². The van der Waals surface area contributed by atoms with E-state index in [1.54, 1.807) is 32.2 Å². The van der Waals surface area contributed by atoms with E-state index in [-0.39, 0.29) is 17.0 Å². The highest BCUT2D eigenvalue weighted by molar-refractivity contribution is 8.00. The van der Waals surface area contributed by atoms with Gasteiger partial charge in [-0.2, -0.15) is 0 Å². The molecule has 3 aromatic rings. The molecule has 1 amide bonds. The van der Waals surface area contributed by atoms with Crippen molar-refractivity contribution in [1.29, 1.82) is 0 Å². The van der Waals surface area contributed by atoms with Gasteiger partial charge in [0.05, 0.1) is 5.25 Å². The third-order valence-corrected chi connectivity index (χ3v) is 4.81. The summed E-state index contributed by atoms with van der Waals surface area (Å²) in [6, 6.07) is 14.5. The van der Waals surface area contributed by atoms with Gasteiger partial charge in [0.15, 0.2) is 5.16 Å². The number of hydrogen-bond donors (Lipinski definition) is 1. The van der Waals surface area contributed by atoms with Crippen molar-refractivity contribution in [3.63, 3.8) is 0 Å². The Kier molecular flexibility index (Phi) is 5.19. The van der Waals surface area contributed by atoms with Crippen molar-refractivity contribution < 1.29 is 9.18 Å². The first-order valence-corrected chi connectivity index (χ1v) is 8.75. The Bertz CT molecular complexity index is 879. The van der Waals surface area contributed by atoms with Crippen LogP contribution in [0, 0.1) is 12.7 Å². The first-order valence-electron chi connectivity index (χ1n) is 7.87. The minimum atomic E-state index is -0.380. The van der Waals surface area contributed by atoms with Gasteiger partial charge in [0, 0.05) is 23.8 Å². The molecule has 6 heteroatoms. The maximum Gasteiger partial charge on any atom is 0.237 e. The molecular weight excluding hydrogens is 337 g/mol. The second-order valence-electron chi connectivity index (χ2n) is 5.63. The third kappa shape index (κ3) is 4.09. The number of anilines is 1. The van der Waals surface area contributed by atoms with Crippen LogP contribution in [0.5, 0.6) is 0 Å². The van der Waals surface area contributed by atoms with Crippen molar-refractivity contribution in [2.75, 3.05) is 5.32 Å². The van der Waals surface area contributed by atoms with Gasteiger partial charge in [0.2, 0.25) is 5.91 Å². The quantitative estimate of drug-likeness (QED) is 0.688. The Morgan fingerprint density at radius 1 is 1.24 bits per heavy atom. The van der Waals surface area contributed by atoms with E-state index in [1.165, 1.54) is 17.8 Å². The molecule has 0 saturated carbocycles. The van der Waals surface area contributed by atoms with E-state index in [0.717, 1.165) is 10.8 Å². The number of thioether (sulfide) groups is 1. The lowest BCUT2D eigenvalue weighted by Crippen LogP contribution is -2.23. The zero-order valence-electron chi connectivity index (χ0n) is 13.9. The van der Waals surface area contributed by atoms with Gasteiger partial charge in [-0.1, -0.05) is 36.0 Å². The van der Waals surface area contributed by atoms with Crippen LogP contribution in [0.15, 0.2) is 66.1 Å². The number of halogens is 1. The van der Waals surface area contributed by atoms with Gasteiger partial charge in [-0.05, 0) is 43.7 Å². The molecule has 0 spiro atoms. The number of carbonyl (C=O) groups is 1. The van der Waals surface area contributed by atoms with Crippen LogP contribution in [0.2, 0.25) is 0 Å². The number of carbonyl (C=O) groups excluding carboxylic acids is 1. The van der Waals surface area contributed by atoms with Gasteiger partial charge in [-0.3, -0.25) is 9.36 Å². The minimum Gasteiger partial charge on any atom is -0.325 e. The normalized spacial score (nSPS) is 12.0. The summed E-state index contributed by atoms with van der Waals surface area (Å²) >= 11 is 1.35. The van der Waals surface area contributed by atoms with Crippen LogP contribution in [0.25, 0.3) is 5.69 Å². The molecule has 0 bridgehead atoms.